The van der Waals surface area contributed by atoms with Crippen LogP contribution in [-0.2, 0) is 13.2 Å². The number of aromatic nitrogens is 6. The van der Waals surface area contributed by atoms with Crippen LogP contribution in [0, 0.1) is 5.82 Å². The monoisotopic (exact) mass is 399 g/mol. The predicted molar refractivity (Wildman–Crippen MR) is 101 cm³/mol. The Morgan fingerprint density at radius 3 is 2.71 bits per heavy atom. The third-order valence-corrected chi connectivity index (χ3v) is 4.30. The number of carbonyl (C=O) groups is 1. The van der Waals surface area contributed by atoms with E-state index < -0.39 is 5.82 Å². The quantitative estimate of drug-likeness (QED) is 0.540. The van der Waals surface area contributed by atoms with Gasteiger partial charge >= 0.3 is 0 Å². The minimum Gasteiger partial charge on any atom is -0.304 e. The first-order valence-corrected chi connectivity index (χ1v) is 8.74. The van der Waals surface area contributed by atoms with E-state index in [0.717, 1.165) is 5.56 Å². The average molecular weight is 400 g/mol. The van der Waals surface area contributed by atoms with Gasteiger partial charge in [-0.05, 0) is 29.8 Å². The van der Waals surface area contributed by atoms with Gasteiger partial charge < -0.3 is 5.32 Å². The summed E-state index contributed by atoms with van der Waals surface area (Å²) in [6.45, 7) is 0.765. The van der Waals surface area contributed by atoms with E-state index in [2.05, 4.69) is 20.6 Å². The molecule has 0 fully saturated rings. The summed E-state index contributed by atoms with van der Waals surface area (Å²) in [5.74, 6) is -0.386. The summed E-state index contributed by atoms with van der Waals surface area (Å²) < 4.78 is 18.0. The van der Waals surface area contributed by atoms with Crippen molar-refractivity contribution in [1.29, 1.82) is 0 Å². The summed E-state index contributed by atoms with van der Waals surface area (Å²) in [6, 6.07) is 9.29. The van der Waals surface area contributed by atoms with Crippen LogP contribution in [0.3, 0.4) is 0 Å². The molecule has 4 rings (SSSR count). The van der Waals surface area contributed by atoms with Gasteiger partial charge in [-0.2, -0.15) is 15.3 Å². The fraction of sp³-hybridized carbons (Fsp3) is 0.111. The minimum absolute atomic E-state index is 0.267. The molecular formula is C18H15ClFN7O. The molecule has 8 nitrogen and oxygen atoms in total. The van der Waals surface area contributed by atoms with E-state index in [9.17, 15) is 9.18 Å². The molecule has 4 aromatic rings. The zero-order valence-electron chi connectivity index (χ0n) is 14.5. The molecule has 0 spiro atoms. The number of hydrogen-bond acceptors (Lipinski definition) is 4. The first-order chi connectivity index (χ1) is 13.6. The van der Waals surface area contributed by atoms with Crippen LogP contribution in [0.1, 0.15) is 16.1 Å². The maximum atomic E-state index is 13.1. The number of anilines is 1. The standard InChI is InChI=1S/C18H15ClFN7O/c19-15-10-14(20)3-2-13(15)11-25-9-5-17(24-25)22-18(28)16-4-8-27(23-16)12-26-7-1-6-21-26/h1-10H,11-12H2,(H,22,24,28). The number of carbonyl (C=O) groups excluding carboxylic acids is 1. The number of benzene rings is 1. The molecule has 0 radical (unpaired) electrons. The third kappa shape index (κ3) is 4.09. The normalized spacial score (nSPS) is 10.9. The average Bonchev–Trinajstić information content (AvgIpc) is 3.40. The topological polar surface area (TPSA) is 82.6 Å². The largest absolute Gasteiger partial charge is 0.304 e. The van der Waals surface area contributed by atoms with Gasteiger partial charge in [0, 0.05) is 35.9 Å². The van der Waals surface area contributed by atoms with Crippen molar-refractivity contribution in [3.8, 4) is 0 Å². The molecule has 0 bridgehead atoms. The van der Waals surface area contributed by atoms with Crippen molar-refractivity contribution < 1.29 is 9.18 Å². The summed E-state index contributed by atoms with van der Waals surface area (Å²) in [5.41, 5.74) is 0.990. The second kappa shape index (κ2) is 7.65. The van der Waals surface area contributed by atoms with E-state index in [1.165, 1.54) is 12.1 Å². The van der Waals surface area contributed by atoms with Crippen LogP contribution < -0.4 is 5.32 Å². The second-order valence-corrected chi connectivity index (χ2v) is 6.42. The summed E-state index contributed by atoms with van der Waals surface area (Å²) in [5, 5.41) is 15.6. The molecule has 3 heterocycles. The van der Waals surface area contributed by atoms with Crippen LogP contribution in [-0.4, -0.2) is 35.2 Å². The summed E-state index contributed by atoms with van der Waals surface area (Å²) >= 11 is 6.04. The van der Waals surface area contributed by atoms with Gasteiger partial charge in [0.15, 0.2) is 11.5 Å². The molecule has 3 aromatic heterocycles. The highest BCUT2D eigenvalue weighted by Crippen LogP contribution is 2.18. The van der Waals surface area contributed by atoms with Crippen LogP contribution in [0.2, 0.25) is 5.02 Å². The first kappa shape index (κ1) is 17.9. The number of hydrogen-bond donors (Lipinski definition) is 1. The smallest absolute Gasteiger partial charge is 0.277 e. The molecule has 1 amide bonds. The van der Waals surface area contributed by atoms with E-state index in [0.29, 0.717) is 24.1 Å². The Bertz CT molecular complexity index is 1100. The van der Waals surface area contributed by atoms with Crippen molar-refractivity contribution >= 4 is 23.3 Å². The van der Waals surface area contributed by atoms with Crippen molar-refractivity contribution in [2.24, 2.45) is 0 Å². The molecular weight excluding hydrogens is 385 g/mol. The van der Waals surface area contributed by atoms with Gasteiger partial charge in [-0.3, -0.25) is 18.8 Å². The molecule has 142 valence electrons. The highest BCUT2D eigenvalue weighted by Gasteiger charge is 2.12. The van der Waals surface area contributed by atoms with E-state index in [1.807, 2.05) is 6.07 Å². The number of nitrogens with zero attached hydrogens (tertiary/aromatic N) is 6. The van der Waals surface area contributed by atoms with Crippen LogP contribution in [0.25, 0.3) is 0 Å². The molecule has 0 saturated heterocycles. The van der Waals surface area contributed by atoms with Crippen LogP contribution in [0.4, 0.5) is 10.2 Å². The summed E-state index contributed by atoms with van der Waals surface area (Å²) in [4.78, 5) is 12.4. The third-order valence-electron chi connectivity index (χ3n) is 3.95. The fourth-order valence-electron chi connectivity index (χ4n) is 2.62. The van der Waals surface area contributed by atoms with Crippen LogP contribution in [0.5, 0.6) is 0 Å². The van der Waals surface area contributed by atoms with Gasteiger partial charge in [-0.15, -0.1) is 0 Å². The maximum Gasteiger partial charge on any atom is 0.277 e. The lowest BCUT2D eigenvalue weighted by molar-refractivity contribution is 0.102. The lowest BCUT2D eigenvalue weighted by Gasteiger charge is -2.05. The molecule has 0 unspecified atom stereocenters. The lowest BCUT2D eigenvalue weighted by Crippen LogP contribution is -2.15. The Morgan fingerprint density at radius 1 is 1.07 bits per heavy atom. The van der Waals surface area contributed by atoms with E-state index >= 15 is 0 Å². The van der Waals surface area contributed by atoms with Gasteiger partial charge in [0.25, 0.3) is 5.91 Å². The second-order valence-electron chi connectivity index (χ2n) is 6.02. The Hall–Kier alpha value is -3.46. The highest BCUT2D eigenvalue weighted by molar-refractivity contribution is 6.31. The van der Waals surface area contributed by atoms with Crippen molar-refractivity contribution in [2.45, 2.75) is 13.2 Å². The van der Waals surface area contributed by atoms with Gasteiger partial charge in [0.2, 0.25) is 0 Å². The molecule has 0 aliphatic rings. The Balaban J connectivity index is 1.39. The molecule has 0 aliphatic heterocycles. The maximum absolute atomic E-state index is 13.1. The number of halogens is 2. The summed E-state index contributed by atoms with van der Waals surface area (Å²) in [6.07, 6.45) is 6.88. The van der Waals surface area contributed by atoms with Crippen molar-refractivity contribution in [3.63, 3.8) is 0 Å². The van der Waals surface area contributed by atoms with Gasteiger partial charge in [0.1, 0.15) is 12.5 Å². The molecule has 1 aromatic carbocycles. The van der Waals surface area contributed by atoms with E-state index in [-0.39, 0.29) is 11.6 Å². The van der Waals surface area contributed by atoms with E-state index in [4.69, 9.17) is 11.6 Å². The van der Waals surface area contributed by atoms with Crippen LogP contribution >= 0.6 is 11.6 Å². The zero-order valence-corrected chi connectivity index (χ0v) is 15.3. The first-order valence-electron chi connectivity index (χ1n) is 8.36. The predicted octanol–water partition coefficient (Wildman–Crippen LogP) is 2.88. The number of rotatable bonds is 6. The molecule has 10 heteroatoms. The van der Waals surface area contributed by atoms with Gasteiger partial charge in [-0.25, -0.2) is 4.39 Å². The molecule has 1 N–H and O–H groups in total. The fourth-order valence-corrected chi connectivity index (χ4v) is 2.84. The van der Waals surface area contributed by atoms with Gasteiger partial charge in [-0.1, -0.05) is 17.7 Å². The van der Waals surface area contributed by atoms with Crippen molar-refractivity contribution in [3.05, 3.63) is 83.3 Å². The number of nitrogens with one attached hydrogen (secondary N) is 1. The Morgan fingerprint density at radius 2 is 1.93 bits per heavy atom. The zero-order chi connectivity index (χ0) is 19.5. The van der Waals surface area contributed by atoms with Crippen molar-refractivity contribution in [1.82, 2.24) is 29.3 Å². The SMILES string of the molecule is O=C(Nc1ccn(Cc2ccc(F)cc2Cl)n1)c1ccn(Cn2cccn2)n1. The molecule has 0 aliphatic carbocycles. The van der Waals surface area contributed by atoms with Crippen LogP contribution in [0.15, 0.2) is 61.2 Å². The van der Waals surface area contributed by atoms with Crippen molar-refractivity contribution in [2.75, 3.05) is 5.32 Å². The number of amides is 1. The molecule has 28 heavy (non-hydrogen) atoms. The lowest BCUT2D eigenvalue weighted by atomic mass is 10.2. The Kier molecular flexibility index (Phi) is 4.90. The molecule has 0 saturated carbocycles. The summed E-state index contributed by atoms with van der Waals surface area (Å²) in [7, 11) is 0. The highest BCUT2D eigenvalue weighted by atomic mass is 35.5. The van der Waals surface area contributed by atoms with Gasteiger partial charge in [0.05, 0.1) is 6.54 Å². The van der Waals surface area contributed by atoms with E-state index in [1.54, 1.807) is 57.0 Å². The molecule has 0 atom stereocenters. The minimum atomic E-state index is -0.394. The Labute approximate surface area is 164 Å².